The zero-order valence-electron chi connectivity index (χ0n) is 26.0. The number of rotatable bonds is 4. The Bertz CT molecular complexity index is 1560. The van der Waals surface area contributed by atoms with Gasteiger partial charge in [-0.1, -0.05) is 52.7 Å². The first-order chi connectivity index (χ1) is 18.9. The van der Waals surface area contributed by atoms with E-state index >= 15 is 0 Å². The second kappa shape index (κ2) is 9.48. The zero-order chi connectivity index (χ0) is 30.3. The first kappa shape index (κ1) is 29.9. The van der Waals surface area contributed by atoms with Gasteiger partial charge in [0.2, 0.25) is 5.43 Å². The maximum Gasteiger partial charge on any atom is 0.276 e. The molecule has 17 heteroatoms. The van der Waals surface area contributed by atoms with E-state index in [4.69, 9.17) is 0 Å². The van der Waals surface area contributed by atoms with E-state index < -0.39 is 27.5 Å². The number of amides is 1. The average Bonchev–Trinajstić information content (AvgIpc) is 2.99. The number of benzene rings is 2. The molecule has 0 saturated carbocycles. The Morgan fingerprint density at radius 2 is 1.37 bits per heavy atom. The molecule has 1 N–H and O–H groups in total. The zero-order valence-corrected chi connectivity index (χ0v) is 26.8. The number of carbonyl (C=O) groups is 1. The SMILES string of the molecule is BC1(N2n3ccc(=O)c(O)c3C(=O)N(C(B)(C(B)(B)B)C(B)(B)B)C2(B)B)c2ccccc2CSc2ccccc21. The molecule has 1 unspecified atom stereocenters. The predicted octanol–water partition coefficient (Wildman–Crippen LogP) is -6.76. The van der Waals surface area contributed by atoms with Gasteiger partial charge in [-0.2, -0.15) is 0 Å². The molecule has 3 heterocycles. The van der Waals surface area contributed by atoms with Crippen LogP contribution in [0, 0.1) is 0 Å². The third kappa shape index (κ3) is 4.08. The first-order valence-electron chi connectivity index (χ1n) is 14.3. The summed E-state index contributed by atoms with van der Waals surface area (Å²) in [5, 5.41) is 12.8. The summed E-state index contributed by atoms with van der Waals surface area (Å²) in [5.74, 6) is -0.0766. The Balaban J connectivity index is 1.97. The van der Waals surface area contributed by atoms with Crippen molar-refractivity contribution in [2.24, 2.45) is 0 Å². The maximum atomic E-state index is 14.8. The molecular weight excluding hydrogens is 518 g/mol. The van der Waals surface area contributed by atoms with Crippen molar-refractivity contribution >= 4 is 96.1 Å². The lowest BCUT2D eigenvalue weighted by Crippen LogP contribution is -2.84. The Morgan fingerprint density at radius 1 is 0.805 bits per heavy atom. The van der Waals surface area contributed by atoms with Crippen molar-refractivity contribution in [1.82, 2.24) is 9.58 Å². The van der Waals surface area contributed by atoms with E-state index in [1.807, 2.05) is 4.90 Å². The molecular formula is C24H33B10N3O3S. The quantitative estimate of drug-likeness (QED) is 0.327. The van der Waals surface area contributed by atoms with Crippen LogP contribution < -0.4 is 10.4 Å². The van der Waals surface area contributed by atoms with Gasteiger partial charge in [-0.3, -0.25) is 19.3 Å². The third-order valence-electron chi connectivity index (χ3n) is 9.87. The number of hydrogen-bond donors (Lipinski definition) is 1. The number of thioether (sulfide) groups is 1. The van der Waals surface area contributed by atoms with Crippen LogP contribution >= 0.6 is 11.8 Å². The molecule has 2 aliphatic rings. The topological polar surface area (TPSA) is 65.8 Å². The summed E-state index contributed by atoms with van der Waals surface area (Å²) < 4.78 is 1.74. The van der Waals surface area contributed by atoms with Crippen LogP contribution in [0.3, 0.4) is 0 Å². The van der Waals surface area contributed by atoms with Crippen LogP contribution in [0.2, 0.25) is 10.2 Å². The number of nitrogens with zero attached hydrogens (tertiary/aromatic N) is 3. The highest BCUT2D eigenvalue weighted by atomic mass is 32.2. The largest absolute Gasteiger partial charge is 0.502 e. The fraction of sp³-hybridized carbons (Fsp3) is 0.250. The maximum absolute atomic E-state index is 14.8. The first-order valence-corrected chi connectivity index (χ1v) is 15.3. The summed E-state index contributed by atoms with van der Waals surface area (Å²) in [7, 11) is 21.5. The molecule has 0 bridgehead atoms. The van der Waals surface area contributed by atoms with Crippen molar-refractivity contribution in [3.63, 3.8) is 0 Å². The lowest BCUT2D eigenvalue weighted by atomic mass is 9.17. The van der Waals surface area contributed by atoms with Crippen LogP contribution in [-0.4, -0.2) is 110 Å². The molecule has 0 fully saturated rings. The average molecular weight is 552 g/mol. The molecule has 3 aromatic rings. The lowest BCUT2D eigenvalue weighted by Gasteiger charge is -2.69. The van der Waals surface area contributed by atoms with E-state index in [0.29, 0.717) is 0 Å². The minimum absolute atomic E-state index is 0.00960. The van der Waals surface area contributed by atoms with E-state index in [9.17, 15) is 14.7 Å². The molecule has 0 radical (unpaired) electrons. The summed E-state index contributed by atoms with van der Waals surface area (Å²) in [5.41, 5.74) is 0.432. The summed E-state index contributed by atoms with van der Waals surface area (Å²) in [6.45, 7) is 0. The molecule has 0 spiro atoms. The van der Waals surface area contributed by atoms with E-state index in [2.05, 4.69) is 132 Å². The molecule has 2 aromatic carbocycles. The van der Waals surface area contributed by atoms with E-state index in [1.165, 1.54) is 11.6 Å². The van der Waals surface area contributed by atoms with Gasteiger partial charge in [0.05, 0.1) is 58.0 Å². The number of aromatic hydroxyl groups is 1. The van der Waals surface area contributed by atoms with Crippen molar-refractivity contribution in [2.45, 2.75) is 37.2 Å². The normalized spacial score (nSPS) is 20.4. The van der Waals surface area contributed by atoms with Crippen LogP contribution in [0.4, 0.5) is 0 Å². The van der Waals surface area contributed by atoms with E-state index in [0.717, 1.165) is 21.8 Å². The number of aromatic nitrogens is 1. The van der Waals surface area contributed by atoms with Gasteiger partial charge in [-0.15, -0.1) is 11.8 Å². The third-order valence-corrected chi connectivity index (χ3v) is 11.0. The molecule has 0 saturated heterocycles. The molecule has 41 heavy (non-hydrogen) atoms. The molecule has 1 aromatic heterocycles. The van der Waals surface area contributed by atoms with Gasteiger partial charge in [-0.05, 0) is 28.2 Å². The standard InChI is InChI=1S/C24H33B10N3O3S/c25-20(13-6-2-1-5-12(13)11-41-16-8-4-3-7-14(16)20)37-24(33,34)36(21(26,22(27,28)29)23(30,31)32)19(40)17-18(39)15(38)9-10-35(17)37/h1-10,39H,11,25-34H2. The van der Waals surface area contributed by atoms with Gasteiger partial charge < -0.3 is 10.0 Å². The van der Waals surface area contributed by atoms with E-state index in [-0.39, 0.29) is 21.8 Å². The van der Waals surface area contributed by atoms with Crippen molar-refractivity contribution in [2.75, 3.05) is 5.01 Å². The minimum Gasteiger partial charge on any atom is -0.502 e. The van der Waals surface area contributed by atoms with Crippen LogP contribution in [0.5, 0.6) is 5.75 Å². The second-order valence-corrected chi connectivity index (χ2v) is 15.3. The number of pyridine rings is 1. The van der Waals surface area contributed by atoms with Crippen molar-refractivity contribution < 1.29 is 9.90 Å². The fourth-order valence-electron chi connectivity index (χ4n) is 7.55. The van der Waals surface area contributed by atoms with E-state index in [1.54, 1.807) is 22.6 Å². The van der Waals surface area contributed by atoms with Gasteiger partial charge in [0.25, 0.3) is 5.91 Å². The Kier molecular flexibility index (Phi) is 6.92. The molecule has 6 nitrogen and oxygen atoms in total. The van der Waals surface area contributed by atoms with Gasteiger partial charge in [0, 0.05) is 22.9 Å². The number of fused-ring (bicyclic) bond motifs is 3. The Labute approximate surface area is 256 Å². The second-order valence-electron chi connectivity index (χ2n) is 14.3. The van der Waals surface area contributed by atoms with Gasteiger partial charge >= 0.3 is 0 Å². The fourth-order valence-corrected chi connectivity index (χ4v) is 8.71. The smallest absolute Gasteiger partial charge is 0.276 e. The number of hydrogen-bond acceptors (Lipinski definition) is 5. The summed E-state index contributed by atoms with van der Waals surface area (Å²) in [6, 6.07) is 18.3. The highest BCUT2D eigenvalue weighted by Gasteiger charge is 2.61. The van der Waals surface area contributed by atoms with Crippen LogP contribution in [-0.2, 0) is 11.2 Å². The molecule has 2 aliphatic heterocycles. The predicted molar refractivity (Wildman–Crippen MR) is 196 cm³/mol. The highest BCUT2D eigenvalue weighted by molar-refractivity contribution is 7.98. The van der Waals surface area contributed by atoms with Crippen molar-refractivity contribution in [1.29, 1.82) is 0 Å². The molecule has 0 aliphatic carbocycles. The molecule has 5 rings (SSSR count). The monoisotopic (exact) mass is 553 g/mol. The summed E-state index contributed by atoms with van der Waals surface area (Å²) >= 11 is 1.81. The summed E-state index contributed by atoms with van der Waals surface area (Å²) in [4.78, 5) is 30.8. The van der Waals surface area contributed by atoms with Crippen molar-refractivity contribution in [3.8, 4) is 5.75 Å². The Morgan fingerprint density at radius 3 is 1.98 bits per heavy atom. The molecule has 1 atom stereocenters. The lowest BCUT2D eigenvalue weighted by molar-refractivity contribution is 0.0383. The highest BCUT2D eigenvalue weighted by Crippen LogP contribution is 2.53. The molecule has 198 valence electrons. The van der Waals surface area contributed by atoms with Crippen LogP contribution in [0.1, 0.15) is 27.2 Å². The molecule has 1 amide bonds. The van der Waals surface area contributed by atoms with Gasteiger partial charge in [0.15, 0.2) is 27.1 Å². The van der Waals surface area contributed by atoms with Crippen LogP contribution in [0.25, 0.3) is 0 Å². The minimum atomic E-state index is -0.926. The van der Waals surface area contributed by atoms with Crippen LogP contribution in [0.15, 0.2) is 70.5 Å². The number of carbonyl (C=O) groups excluding carboxylic acids is 1. The van der Waals surface area contributed by atoms with Crippen molar-refractivity contribution in [3.05, 3.63) is 93.4 Å². The van der Waals surface area contributed by atoms with Gasteiger partial charge in [-0.25, -0.2) is 0 Å². The Hall–Kier alpha value is -2.54. The summed E-state index contributed by atoms with van der Waals surface area (Å²) in [6.07, 6.45) is 1.65. The van der Waals surface area contributed by atoms with Gasteiger partial charge in [0.1, 0.15) is 15.7 Å².